The molecule has 4 nitrogen and oxygen atoms in total. The molecule has 114 valence electrons. The highest BCUT2D eigenvalue weighted by Crippen LogP contribution is 2.13. The summed E-state index contributed by atoms with van der Waals surface area (Å²) in [4.78, 5) is 18.1. The molecule has 1 aromatic heterocycles. The summed E-state index contributed by atoms with van der Waals surface area (Å²) in [5.41, 5.74) is 1.17. The lowest BCUT2D eigenvalue weighted by Gasteiger charge is -2.33. The topological polar surface area (TPSA) is 45.2 Å². The fraction of sp³-hybridized carbons (Fsp3) is 0.538. The lowest BCUT2D eigenvalue weighted by molar-refractivity contribution is -0.131. The maximum Gasteiger partial charge on any atom is 0.232 e. The van der Waals surface area contributed by atoms with Crippen LogP contribution in [0.2, 0.25) is 0 Å². The maximum absolute atomic E-state index is 12.1. The van der Waals surface area contributed by atoms with Gasteiger partial charge in [-0.15, -0.1) is 36.6 Å². The molecule has 0 spiro atoms. The highest BCUT2D eigenvalue weighted by Gasteiger charge is 2.22. The van der Waals surface area contributed by atoms with Crippen molar-refractivity contribution in [2.45, 2.75) is 18.7 Å². The Hall–Kier alpha value is -0.490. The lowest BCUT2D eigenvalue weighted by atomic mass is 10.2. The molecule has 1 atom stereocenters. The molecule has 1 fully saturated rings. The number of piperazine rings is 1. The molecule has 20 heavy (non-hydrogen) atoms. The number of thioether (sulfide) groups is 1. The minimum atomic E-state index is 0. The first-order valence-corrected chi connectivity index (χ1v) is 7.39. The van der Waals surface area contributed by atoms with Crippen LogP contribution in [0.1, 0.15) is 12.5 Å². The molecule has 1 N–H and O–H groups in total. The molecule has 0 saturated carbocycles. The van der Waals surface area contributed by atoms with Crippen molar-refractivity contribution >= 4 is 42.5 Å². The van der Waals surface area contributed by atoms with E-state index in [0.29, 0.717) is 11.8 Å². The maximum atomic E-state index is 12.1. The summed E-state index contributed by atoms with van der Waals surface area (Å²) >= 11 is 1.66. The molecule has 2 heterocycles. The predicted molar refractivity (Wildman–Crippen MR) is 88.9 cm³/mol. The van der Waals surface area contributed by atoms with Crippen molar-refractivity contribution in [2.24, 2.45) is 0 Å². The zero-order valence-electron chi connectivity index (χ0n) is 11.4. The number of hydrogen-bond acceptors (Lipinski definition) is 4. The molecule has 0 aromatic carbocycles. The average molecular weight is 338 g/mol. The lowest BCUT2D eigenvalue weighted by Crippen LogP contribution is -2.52. The summed E-state index contributed by atoms with van der Waals surface area (Å²) in [5.74, 6) is 1.65. The summed E-state index contributed by atoms with van der Waals surface area (Å²) < 4.78 is 0. The Morgan fingerprint density at radius 2 is 2.35 bits per heavy atom. The zero-order chi connectivity index (χ0) is 12.8. The summed E-state index contributed by atoms with van der Waals surface area (Å²) in [5, 5.41) is 3.29. The van der Waals surface area contributed by atoms with Crippen LogP contribution in [0.5, 0.6) is 0 Å². The third-order valence-corrected chi connectivity index (χ3v) is 4.03. The van der Waals surface area contributed by atoms with Crippen LogP contribution in [-0.2, 0) is 10.5 Å². The normalized spacial score (nSPS) is 17.9. The third kappa shape index (κ3) is 5.87. The van der Waals surface area contributed by atoms with Crippen LogP contribution in [-0.4, -0.2) is 47.2 Å². The molecule has 7 heteroatoms. The number of carbonyl (C=O) groups excluding carboxylic acids is 1. The van der Waals surface area contributed by atoms with E-state index in [2.05, 4.69) is 17.2 Å². The van der Waals surface area contributed by atoms with Gasteiger partial charge in [-0.25, -0.2) is 0 Å². The fourth-order valence-corrected chi connectivity index (χ4v) is 2.88. The van der Waals surface area contributed by atoms with Gasteiger partial charge in [-0.05, 0) is 18.6 Å². The Balaban J connectivity index is 0.00000180. The molecular formula is C13H21Cl2N3OS. The van der Waals surface area contributed by atoms with Crippen LogP contribution < -0.4 is 5.32 Å². The number of carbonyl (C=O) groups is 1. The molecule has 0 bridgehead atoms. The first kappa shape index (κ1) is 19.5. The minimum absolute atomic E-state index is 0. The standard InChI is InChI=1S/C13H19N3OS.2ClH/c1-11-7-15-5-6-16(11)13(17)10-18-9-12-3-2-4-14-8-12;;/h2-4,8,11,15H,5-7,9-10H2,1H3;2*1H/t11-;;/m1../s1. The van der Waals surface area contributed by atoms with Crippen LogP contribution in [0.3, 0.4) is 0 Å². The monoisotopic (exact) mass is 337 g/mol. The third-order valence-electron chi connectivity index (χ3n) is 3.04. The van der Waals surface area contributed by atoms with Crippen molar-refractivity contribution in [1.82, 2.24) is 15.2 Å². The predicted octanol–water partition coefficient (Wildman–Crippen LogP) is 1.98. The van der Waals surface area contributed by atoms with Gasteiger partial charge in [0, 0.05) is 43.8 Å². The van der Waals surface area contributed by atoms with Gasteiger partial charge in [0.05, 0.1) is 5.75 Å². The first-order chi connectivity index (χ1) is 8.77. The van der Waals surface area contributed by atoms with Crippen molar-refractivity contribution in [3.05, 3.63) is 30.1 Å². The van der Waals surface area contributed by atoms with Crippen molar-refractivity contribution in [3.63, 3.8) is 0 Å². The van der Waals surface area contributed by atoms with Crippen LogP contribution in [0.15, 0.2) is 24.5 Å². The quantitative estimate of drug-likeness (QED) is 0.912. The van der Waals surface area contributed by atoms with E-state index in [9.17, 15) is 4.79 Å². The molecular weight excluding hydrogens is 317 g/mol. The number of rotatable bonds is 4. The molecule has 1 aliphatic rings. The average Bonchev–Trinajstić information content (AvgIpc) is 2.40. The minimum Gasteiger partial charge on any atom is -0.337 e. The van der Waals surface area contributed by atoms with Crippen LogP contribution in [0, 0.1) is 0 Å². The molecule has 1 amide bonds. The number of pyridine rings is 1. The van der Waals surface area contributed by atoms with Gasteiger partial charge in [0.2, 0.25) is 5.91 Å². The van der Waals surface area contributed by atoms with E-state index in [1.807, 2.05) is 23.2 Å². The Bertz CT molecular complexity index is 394. The van der Waals surface area contributed by atoms with Crippen molar-refractivity contribution < 1.29 is 4.79 Å². The van der Waals surface area contributed by atoms with Gasteiger partial charge in [-0.1, -0.05) is 6.07 Å². The second-order valence-electron chi connectivity index (χ2n) is 4.49. The second-order valence-corrected chi connectivity index (χ2v) is 5.48. The Labute approximate surface area is 136 Å². The van der Waals surface area contributed by atoms with Crippen molar-refractivity contribution in [1.29, 1.82) is 0 Å². The van der Waals surface area contributed by atoms with Gasteiger partial charge in [0.25, 0.3) is 0 Å². The largest absolute Gasteiger partial charge is 0.337 e. The molecule has 0 unspecified atom stereocenters. The van der Waals surface area contributed by atoms with Gasteiger partial charge in [-0.2, -0.15) is 0 Å². The van der Waals surface area contributed by atoms with Crippen molar-refractivity contribution in [2.75, 3.05) is 25.4 Å². The Morgan fingerprint density at radius 3 is 3.00 bits per heavy atom. The van der Waals surface area contributed by atoms with Gasteiger partial charge in [0.1, 0.15) is 0 Å². The molecule has 1 aromatic rings. The number of nitrogens with one attached hydrogen (secondary N) is 1. The second kappa shape index (κ2) is 10.3. The SMILES string of the molecule is C[C@@H]1CNCCN1C(=O)CSCc1cccnc1.Cl.Cl. The molecule has 0 aliphatic carbocycles. The molecule has 0 radical (unpaired) electrons. The number of hydrogen-bond donors (Lipinski definition) is 1. The summed E-state index contributed by atoms with van der Waals surface area (Å²) in [6.45, 7) is 4.73. The summed E-state index contributed by atoms with van der Waals surface area (Å²) in [6.07, 6.45) is 3.62. The van der Waals surface area contributed by atoms with E-state index in [-0.39, 0.29) is 30.7 Å². The van der Waals surface area contributed by atoms with Crippen LogP contribution in [0.25, 0.3) is 0 Å². The highest BCUT2D eigenvalue weighted by molar-refractivity contribution is 7.99. The summed E-state index contributed by atoms with van der Waals surface area (Å²) in [6, 6.07) is 4.28. The molecule has 1 aliphatic heterocycles. The number of halogens is 2. The van der Waals surface area contributed by atoms with Crippen LogP contribution >= 0.6 is 36.6 Å². The smallest absolute Gasteiger partial charge is 0.232 e. The molecule has 1 saturated heterocycles. The zero-order valence-corrected chi connectivity index (χ0v) is 13.9. The van der Waals surface area contributed by atoms with E-state index in [0.717, 1.165) is 25.4 Å². The summed E-state index contributed by atoms with van der Waals surface area (Å²) in [7, 11) is 0. The van der Waals surface area contributed by atoms with Crippen molar-refractivity contribution in [3.8, 4) is 0 Å². The van der Waals surface area contributed by atoms with E-state index in [4.69, 9.17) is 0 Å². The van der Waals surface area contributed by atoms with Gasteiger partial charge in [0.15, 0.2) is 0 Å². The van der Waals surface area contributed by atoms with Gasteiger partial charge >= 0.3 is 0 Å². The van der Waals surface area contributed by atoms with Gasteiger partial charge < -0.3 is 10.2 Å². The number of aromatic nitrogens is 1. The fourth-order valence-electron chi connectivity index (χ4n) is 2.03. The van der Waals surface area contributed by atoms with Crippen LogP contribution in [0.4, 0.5) is 0 Å². The van der Waals surface area contributed by atoms with E-state index in [1.165, 1.54) is 5.56 Å². The Morgan fingerprint density at radius 1 is 1.55 bits per heavy atom. The molecule has 2 rings (SSSR count). The number of nitrogens with zero attached hydrogens (tertiary/aromatic N) is 2. The number of amides is 1. The Kier molecular flexibility index (Phi) is 10.0. The highest BCUT2D eigenvalue weighted by atomic mass is 35.5. The van der Waals surface area contributed by atoms with Gasteiger partial charge in [-0.3, -0.25) is 9.78 Å². The van der Waals surface area contributed by atoms with E-state index >= 15 is 0 Å². The van der Waals surface area contributed by atoms with E-state index < -0.39 is 0 Å². The first-order valence-electron chi connectivity index (χ1n) is 6.24. The van der Waals surface area contributed by atoms with E-state index in [1.54, 1.807) is 18.0 Å².